The maximum atomic E-state index is 10.8. The number of epoxide rings is 2. The van der Waals surface area contributed by atoms with Gasteiger partial charge in [-0.05, 0) is 6.92 Å². The minimum absolute atomic E-state index is 0.0787. The van der Waals surface area contributed by atoms with Crippen molar-refractivity contribution < 1.29 is 14.3 Å². The first-order chi connectivity index (χ1) is 4.26. The number of ether oxygens (including phenoxy) is 2. The molecule has 2 fully saturated rings. The average Bonchev–Trinajstić information content (AvgIpc) is 2.61. The van der Waals surface area contributed by atoms with Crippen LogP contribution in [0.15, 0.2) is 0 Å². The van der Waals surface area contributed by atoms with Gasteiger partial charge >= 0.3 is 0 Å². The monoisotopic (exact) mass is 128 g/mol. The Bertz CT molecular complexity index is 156. The van der Waals surface area contributed by atoms with Crippen molar-refractivity contribution in [2.24, 2.45) is 0 Å². The summed E-state index contributed by atoms with van der Waals surface area (Å²) in [5.74, 6) is 0.102. The van der Waals surface area contributed by atoms with Crippen LogP contribution in [0.2, 0.25) is 0 Å². The Labute approximate surface area is 52.9 Å². The van der Waals surface area contributed by atoms with Crippen LogP contribution in [0.1, 0.15) is 6.92 Å². The molecule has 0 saturated carbocycles. The molecule has 2 unspecified atom stereocenters. The van der Waals surface area contributed by atoms with Gasteiger partial charge in [-0.15, -0.1) is 0 Å². The smallest absolute Gasteiger partial charge is 0.177 e. The SMILES string of the molecule is CC(=O)C1(C2CO2)CO1. The molecule has 2 rings (SSSR count). The van der Waals surface area contributed by atoms with Crippen LogP contribution in [0, 0.1) is 0 Å². The van der Waals surface area contributed by atoms with E-state index in [-0.39, 0.29) is 11.9 Å². The van der Waals surface area contributed by atoms with Crippen molar-refractivity contribution >= 4 is 5.78 Å². The highest BCUT2D eigenvalue weighted by molar-refractivity contribution is 5.88. The molecule has 0 aromatic rings. The zero-order valence-corrected chi connectivity index (χ0v) is 5.22. The van der Waals surface area contributed by atoms with E-state index in [2.05, 4.69) is 0 Å². The third kappa shape index (κ3) is 0.618. The van der Waals surface area contributed by atoms with Gasteiger partial charge in [0.25, 0.3) is 0 Å². The lowest BCUT2D eigenvalue weighted by Crippen LogP contribution is -2.28. The van der Waals surface area contributed by atoms with Gasteiger partial charge in [-0.2, -0.15) is 0 Å². The molecule has 0 spiro atoms. The van der Waals surface area contributed by atoms with Crippen molar-refractivity contribution in [3.8, 4) is 0 Å². The first-order valence-electron chi connectivity index (χ1n) is 3.02. The molecule has 2 saturated heterocycles. The first kappa shape index (κ1) is 5.38. The van der Waals surface area contributed by atoms with Gasteiger partial charge in [0.15, 0.2) is 11.4 Å². The Morgan fingerprint density at radius 2 is 2.33 bits per heavy atom. The summed E-state index contributed by atoms with van der Waals surface area (Å²) in [5, 5.41) is 0. The van der Waals surface area contributed by atoms with Gasteiger partial charge in [0.2, 0.25) is 0 Å². The number of hydrogen-bond acceptors (Lipinski definition) is 3. The number of rotatable bonds is 2. The first-order valence-corrected chi connectivity index (χ1v) is 3.02. The Balaban J connectivity index is 2.12. The molecule has 3 nitrogen and oxygen atoms in total. The summed E-state index contributed by atoms with van der Waals surface area (Å²) in [4.78, 5) is 10.8. The van der Waals surface area contributed by atoms with E-state index in [0.717, 1.165) is 0 Å². The normalized spacial score (nSPS) is 46.6. The fourth-order valence-electron chi connectivity index (χ4n) is 1.01. The largest absolute Gasteiger partial charge is 0.369 e. The molecule has 0 bridgehead atoms. The highest BCUT2D eigenvalue weighted by atomic mass is 16.7. The van der Waals surface area contributed by atoms with E-state index >= 15 is 0 Å². The summed E-state index contributed by atoms with van der Waals surface area (Å²) in [6.45, 7) is 2.81. The van der Waals surface area contributed by atoms with Gasteiger partial charge < -0.3 is 9.47 Å². The van der Waals surface area contributed by atoms with Gasteiger partial charge in [-0.3, -0.25) is 4.79 Å². The van der Waals surface area contributed by atoms with E-state index < -0.39 is 5.60 Å². The molecule has 0 aliphatic carbocycles. The van der Waals surface area contributed by atoms with Crippen molar-refractivity contribution in [3.63, 3.8) is 0 Å². The van der Waals surface area contributed by atoms with E-state index in [1.807, 2.05) is 0 Å². The predicted molar refractivity (Wildman–Crippen MR) is 29.1 cm³/mol. The Morgan fingerprint density at radius 3 is 2.44 bits per heavy atom. The molecule has 0 aromatic heterocycles. The van der Waals surface area contributed by atoms with Gasteiger partial charge in [0.1, 0.15) is 6.10 Å². The standard InChI is InChI=1S/C6H8O3/c1-4(7)6(3-9-6)5-2-8-5/h5H,2-3H2,1H3. The zero-order chi connectivity index (χ0) is 6.48. The van der Waals surface area contributed by atoms with Gasteiger partial charge in [-0.25, -0.2) is 0 Å². The number of hydrogen-bond donors (Lipinski definition) is 0. The number of Topliss-reactive ketones (excluding diaryl/α,β-unsaturated/α-hetero) is 1. The molecule has 3 heteroatoms. The van der Waals surface area contributed by atoms with Crippen LogP contribution < -0.4 is 0 Å². The van der Waals surface area contributed by atoms with E-state index in [9.17, 15) is 4.79 Å². The number of ketones is 1. The van der Waals surface area contributed by atoms with Crippen molar-refractivity contribution in [1.29, 1.82) is 0 Å². The van der Waals surface area contributed by atoms with Crippen LogP contribution in [0.25, 0.3) is 0 Å². The molecule has 9 heavy (non-hydrogen) atoms. The van der Waals surface area contributed by atoms with E-state index in [0.29, 0.717) is 13.2 Å². The summed E-state index contributed by atoms with van der Waals surface area (Å²) in [5.41, 5.74) is -0.500. The second-order valence-corrected chi connectivity index (χ2v) is 2.56. The average molecular weight is 128 g/mol. The Morgan fingerprint density at radius 1 is 1.78 bits per heavy atom. The number of carbonyl (C=O) groups excluding carboxylic acids is 1. The molecule has 50 valence electrons. The second-order valence-electron chi connectivity index (χ2n) is 2.56. The fourth-order valence-corrected chi connectivity index (χ4v) is 1.01. The van der Waals surface area contributed by atoms with Gasteiger partial charge in [-0.1, -0.05) is 0 Å². The molecule has 0 N–H and O–H groups in total. The highest BCUT2D eigenvalue weighted by Gasteiger charge is 2.61. The molecular weight excluding hydrogens is 120 g/mol. The maximum absolute atomic E-state index is 10.8. The van der Waals surface area contributed by atoms with Crippen LogP contribution in [-0.4, -0.2) is 30.7 Å². The topological polar surface area (TPSA) is 42.1 Å². The van der Waals surface area contributed by atoms with E-state index in [4.69, 9.17) is 9.47 Å². The van der Waals surface area contributed by atoms with Crippen molar-refractivity contribution in [2.75, 3.05) is 13.2 Å². The van der Waals surface area contributed by atoms with Crippen LogP contribution in [0.4, 0.5) is 0 Å². The molecule has 0 amide bonds. The fraction of sp³-hybridized carbons (Fsp3) is 0.833. The lowest BCUT2D eigenvalue weighted by molar-refractivity contribution is -0.122. The quantitative estimate of drug-likeness (QED) is 0.481. The molecule has 2 aliphatic rings. The zero-order valence-electron chi connectivity index (χ0n) is 5.22. The lowest BCUT2D eigenvalue weighted by Gasteiger charge is -1.99. The summed E-state index contributed by atoms with van der Waals surface area (Å²) < 4.78 is 9.96. The predicted octanol–water partition coefficient (Wildman–Crippen LogP) is -0.257. The highest BCUT2D eigenvalue weighted by Crippen LogP contribution is 2.39. The van der Waals surface area contributed by atoms with Crippen LogP contribution in [0.3, 0.4) is 0 Å². The summed E-state index contributed by atoms with van der Waals surface area (Å²) >= 11 is 0. The Hall–Kier alpha value is -0.410. The molecule has 0 radical (unpaired) electrons. The molecular formula is C6H8O3. The summed E-state index contributed by atoms with van der Waals surface area (Å²) in [6, 6.07) is 0. The number of carbonyl (C=O) groups is 1. The lowest BCUT2D eigenvalue weighted by atomic mass is 10.0. The van der Waals surface area contributed by atoms with Crippen LogP contribution in [-0.2, 0) is 14.3 Å². The van der Waals surface area contributed by atoms with E-state index in [1.54, 1.807) is 6.92 Å². The van der Waals surface area contributed by atoms with E-state index in [1.165, 1.54) is 0 Å². The van der Waals surface area contributed by atoms with Crippen LogP contribution >= 0.6 is 0 Å². The minimum Gasteiger partial charge on any atom is -0.369 e. The molecule has 2 aliphatic heterocycles. The van der Waals surface area contributed by atoms with Crippen molar-refractivity contribution in [1.82, 2.24) is 0 Å². The molecule has 2 atom stereocenters. The third-order valence-corrected chi connectivity index (χ3v) is 1.90. The molecule has 2 heterocycles. The van der Waals surface area contributed by atoms with Crippen molar-refractivity contribution in [3.05, 3.63) is 0 Å². The maximum Gasteiger partial charge on any atom is 0.177 e. The molecule has 0 aromatic carbocycles. The second kappa shape index (κ2) is 1.36. The minimum atomic E-state index is -0.500. The third-order valence-electron chi connectivity index (χ3n) is 1.90. The summed E-state index contributed by atoms with van der Waals surface area (Å²) in [6.07, 6.45) is 0.0787. The van der Waals surface area contributed by atoms with Gasteiger partial charge in [0, 0.05) is 0 Å². The van der Waals surface area contributed by atoms with Crippen LogP contribution in [0.5, 0.6) is 0 Å². The van der Waals surface area contributed by atoms with Gasteiger partial charge in [0.05, 0.1) is 13.2 Å². The van der Waals surface area contributed by atoms with Crippen molar-refractivity contribution in [2.45, 2.75) is 18.6 Å². The Kier molecular flexibility index (Phi) is 0.811. The summed E-state index contributed by atoms with van der Waals surface area (Å²) in [7, 11) is 0.